The number of hydrogen-bond donors (Lipinski definition) is 1. The summed E-state index contributed by atoms with van der Waals surface area (Å²) in [7, 11) is -1.82. The molecule has 5 nitrogen and oxygen atoms in total. The van der Waals surface area contributed by atoms with E-state index in [0.29, 0.717) is 37.1 Å². The lowest BCUT2D eigenvalue weighted by Gasteiger charge is -2.33. The lowest BCUT2D eigenvalue weighted by atomic mass is 9.99. The number of nitrogens with zero attached hydrogens (tertiary/aromatic N) is 2. The molecule has 118 valence electrons. The third-order valence-corrected chi connectivity index (χ3v) is 6.09. The third kappa shape index (κ3) is 4.17. The maximum atomic E-state index is 12.6. The Bertz CT molecular complexity index is 571. The van der Waals surface area contributed by atoms with Crippen LogP contribution in [0.2, 0.25) is 5.02 Å². The van der Waals surface area contributed by atoms with Crippen LogP contribution in [0.4, 0.5) is 0 Å². The highest BCUT2D eigenvalue weighted by molar-refractivity contribution is 7.86. The molecule has 1 aliphatic rings. The zero-order valence-electron chi connectivity index (χ0n) is 12.2. The van der Waals surface area contributed by atoms with Crippen LogP contribution >= 0.6 is 11.6 Å². The Balaban J connectivity index is 2.02. The Morgan fingerprint density at radius 1 is 1.38 bits per heavy atom. The van der Waals surface area contributed by atoms with Gasteiger partial charge in [-0.2, -0.15) is 17.0 Å². The number of rotatable bonds is 5. The Labute approximate surface area is 131 Å². The monoisotopic (exact) mass is 331 g/mol. The second-order valence-electron chi connectivity index (χ2n) is 5.47. The highest BCUT2D eigenvalue weighted by Gasteiger charge is 2.30. The Hall–Kier alpha value is -0.660. The van der Waals surface area contributed by atoms with Crippen molar-refractivity contribution in [3.8, 4) is 0 Å². The van der Waals surface area contributed by atoms with Crippen molar-refractivity contribution in [3.05, 3.63) is 34.9 Å². The van der Waals surface area contributed by atoms with Crippen molar-refractivity contribution in [3.63, 3.8) is 0 Å². The molecule has 2 N–H and O–H groups in total. The Morgan fingerprint density at radius 3 is 2.62 bits per heavy atom. The summed E-state index contributed by atoms with van der Waals surface area (Å²) in [5.41, 5.74) is 6.52. The number of hydrogen-bond acceptors (Lipinski definition) is 3. The Kier molecular flexibility index (Phi) is 5.62. The molecule has 1 heterocycles. The number of halogens is 1. The topological polar surface area (TPSA) is 66.6 Å². The fourth-order valence-corrected chi connectivity index (χ4v) is 4.14. The molecular weight excluding hydrogens is 310 g/mol. The van der Waals surface area contributed by atoms with Crippen molar-refractivity contribution in [1.29, 1.82) is 0 Å². The largest absolute Gasteiger partial charge is 0.330 e. The summed E-state index contributed by atoms with van der Waals surface area (Å²) in [5.74, 6) is 0.440. The minimum atomic E-state index is -3.42. The SMILES string of the molecule is CN(Cc1cccc(Cl)c1)S(=O)(=O)N1CCC(CN)CC1. The summed E-state index contributed by atoms with van der Waals surface area (Å²) in [5, 5.41) is 0.613. The van der Waals surface area contributed by atoms with Gasteiger partial charge in [-0.3, -0.25) is 0 Å². The summed E-state index contributed by atoms with van der Waals surface area (Å²) in [4.78, 5) is 0. The molecule has 0 atom stereocenters. The van der Waals surface area contributed by atoms with Gasteiger partial charge in [0, 0.05) is 31.7 Å². The molecule has 1 saturated heterocycles. The van der Waals surface area contributed by atoms with Crippen LogP contribution in [0.25, 0.3) is 0 Å². The maximum absolute atomic E-state index is 12.6. The van der Waals surface area contributed by atoms with Gasteiger partial charge in [0.1, 0.15) is 0 Å². The number of nitrogens with two attached hydrogens (primary N) is 1. The molecule has 2 rings (SSSR count). The summed E-state index contributed by atoms with van der Waals surface area (Å²) >= 11 is 5.93. The molecule has 0 bridgehead atoms. The van der Waals surface area contributed by atoms with Gasteiger partial charge in [-0.1, -0.05) is 23.7 Å². The summed E-state index contributed by atoms with van der Waals surface area (Å²) in [6.07, 6.45) is 1.67. The van der Waals surface area contributed by atoms with Crippen LogP contribution in [0, 0.1) is 5.92 Å². The molecule has 0 unspecified atom stereocenters. The van der Waals surface area contributed by atoms with Gasteiger partial charge in [0.05, 0.1) is 0 Å². The van der Waals surface area contributed by atoms with Gasteiger partial charge in [-0.25, -0.2) is 0 Å². The molecule has 7 heteroatoms. The summed E-state index contributed by atoms with van der Waals surface area (Å²) in [6, 6.07) is 7.26. The molecule has 1 aliphatic heterocycles. The molecule has 0 spiro atoms. The smallest absolute Gasteiger partial charge is 0.282 e. The molecule has 1 aromatic carbocycles. The van der Waals surface area contributed by atoms with Gasteiger partial charge < -0.3 is 5.73 Å². The van der Waals surface area contributed by atoms with Crippen molar-refractivity contribution in [1.82, 2.24) is 8.61 Å². The van der Waals surface area contributed by atoms with Crippen molar-refractivity contribution in [2.75, 3.05) is 26.7 Å². The lowest BCUT2D eigenvalue weighted by molar-refractivity contribution is 0.262. The molecular formula is C14H22ClN3O2S. The number of piperidine rings is 1. The van der Waals surface area contributed by atoms with Crippen LogP contribution in [0.1, 0.15) is 18.4 Å². The minimum Gasteiger partial charge on any atom is -0.330 e. The second-order valence-corrected chi connectivity index (χ2v) is 7.94. The first-order valence-corrected chi connectivity index (χ1v) is 8.87. The van der Waals surface area contributed by atoms with Gasteiger partial charge in [0.15, 0.2) is 0 Å². The van der Waals surface area contributed by atoms with E-state index in [2.05, 4.69) is 0 Å². The lowest BCUT2D eigenvalue weighted by Crippen LogP contribution is -2.46. The van der Waals surface area contributed by atoms with Crippen LogP contribution in [0.15, 0.2) is 24.3 Å². The van der Waals surface area contributed by atoms with Gasteiger partial charge in [0.25, 0.3) is 10.2 Å². The molecule has 1 aromatic rings. The fourth-order valence-electron chi connectivity index (χ4n) is 2.55. The van der Waals surface area contributed by atoms with Crippen LogP contribution in [-0.2, 0) is 16.8 Å². The normalized spacial score (nSPS) is 18.3. The zero-order valence-corrected chi connectivity index (χ0v) is 13.8. The van der Waals surface area contributed by atoms with Crippen LogP contribution in [0.5, 0.6) is 0 Å². The van der Waals surface area contributed by atoms with Gasteiger partial charge in [-0.15, -0.1) is 0 Å². The molecule has 0 saturated carbocycles. The van der Waals surface area contributed by atoms with Crippen LogP contribution in [-0.4, -0.2) is 43.7 Å². The molecule has 0 aliphatic carbocycles. The molecule has 21 heavy (non-hydrogen) atoms. The highest BCUT2D eigenvalue weighted by Crippen LogP contribution is 2.21. The van der Waals surface area contributed by atoms with Crippen LogP contribution < -0.4 is 5.73 Å². The minimum absolute atomic E-state index is 0.319. The van der Waals surface area contributed by atoms with Crippen molar-refractivity contribution in [2.45, 2.75) is 19.4 Å². The van der Waals surface area contributed by atoms with E-state index in [-0.39, 0.29) is 0 Å². The van der Waals surface area contributed by atoms with E-state index < -0.39 is 10.2 Å². The average molecular weight is 332 g/mol. The molecule has 0 amide bonds. The van der Waals surface area contributed by atoms with Gasteiger partial charge in [-0.05, 0) is 43.0 Å². The maximum Gasteiger partial charge on any atom is 0.282 e. The average Bonchev–Trinajstić information content (AvgIpc) is 2.47. The first kappa shape index (κ1) is 16.7. The first-order valence-electron chi connectivity index (χ1n) is 7.09. The van der Waals surface area contributed by atoms with E-state index in [1.807, 2.05) is 12.1 Å². The quantitative estimate of drug-likeness (QED) is 0.892. The first-order chi connectivity index (χ1) is 9.93. The number of benzene rings is 1. The van der Waals surface area contributed by atoms with Crippen molar-refractivity contribution in [2.24, 2.45) is 11.7 Å². The van der Waals surface area contributed by atoms with E-state index in [4.69, 9.17) is 17.3 Å². The third-order valence-electron chi connectivity index (χ3n) is 3.92. The van der Waals surface area contributed by atoms with Gasteiger partial charge >= 0.3 is 0 Å². The van der Waals surface area contributed by atoms with E-state index in [9.17, 15) is 8.42 Å². The van der Waals surface area contributed by atoms with Crippen molar-refractivity contribution >= 4 is 21.8 Å². The van der Waals surface area contributed by atoms with E-state index in [1.165, 1.54) is 4.31 Å². The molecule has 1 fully saturated rings. The summed E-state index contributed by atoms with van der Waals surface area (Å²) in [6.45, 7) is 2.04. The summed E-state index contributed by atoms with van der Waals surface area (Å²) < 4.78 is 28.0. The van der Waals surface area contributed by atoms with Crippen molar-refractivity contribution < 1.29 is 8.42 Å². The zero-order chi connectivity index (χ0) is 15.5. The fraction of sp³-hybridized carbons (Fsp3) is 0.571. The van der Waals surface area contributed by atoms with E-state index >= 15 is 0 Å². The van der Waals surface area contributed by atoms with Crippen LogP contribution in [0.3, 0.4) is 0 Å². The predicted octanol–water partition coefficient (Wildman–Crippen LogP) is 1.69. The van der Waals surface area contributed by atoms with E-state index in [0.717, 1.165) is 18.4 Å². The second kappa shape index (κ2) is 7.07. The Morgan fingerprint density at radius 2 is 2.05 bits per heavy atom. The molecule has 0 radical (unpaired) electrons. The van der Waals surface area contributed by atoms with E-state index in [1.54, 1.807) is 23.5 Å². The standard InChI is InChI=1S/C14H22ClN3O2S/c1-17(11-13-3-2-4-14(15)9-13)21(19,20)18-7-5-12(10-16)6-8-18/h2-4,9,12H,5-8,10-11,16H2,1H3. The van der Waals surface area contributed by atoms with Gasteiger partial charge in [0.2, 0.25) is 0 Å². The predicted molar refractivity (Wildman–Crippen MR) is 85.2 cm³/mol. The molecule has 0 aromatic heterocycles. The highest BCUT2D eigenvalue weighted by atomic mass is 35.5.